The highest BCUT2D eigenvalue weighted by Gasteiger charge is 2.52. The molecular formula is C20H41N5O. The quantitative estimate of drug-likeness (QED) is 0.526. The number of nitriles is 1. The maximum Gasteiger partial charge on any atom is 0.110 e. The van der Waals surface area contributed by atoms with E-state index in [1.807, 2.05) is 27.7 Å². The minimum atomic E-state index is -0.639. The first-order valence-electron chi connectivity index (χ1n) is 9.67. The van der Waals surface area contributed by atoms with E-state index < -0.39 is 16.6 Å². The van der Waals surface area contributed by atoms with Crippen LogP contribution in [0.1, 0.15) is 68.2 Å². The summed E-state index contributed by atoms with van der Waals surface area (Å²) < 4.78 is 0. The monoisotopic (exact) mass is 367 g/mol. The maximum atomic E-state index is 10.5. The van der Waals surface area contributed by atoms with Gasteiger partial charge in [0, 0.05) is 30.7 Å². The first-order valence-corrected chi connectivity index (χ1v) is 9.67. The summed E-state index contributed by atoms with van der Waals surface area (Å²) in [5, 5.41) is 29.0. The number of hydroxylamine groups is 2. The van der Waals surface area contributed by atoms with Crippen LogP contribution >= 0.6 is 0 Å². The molecule has 1 fully saturated rings. The Morgan fingerprint density at radius 1 is 1.00 bits per heavy atom. The van der Waals surface area contributed by atoms with E-state index in [0.29, 0.717) is 19.4 Å². The molecule has 0 unspecified atom stereocenters. The van der Waals surface area contributed by atoms with Crippen LogP contribution in [0.2, 0.25) is 0 Å². The fourth-order valence-corrected chi connectivity index (χ4v) is 4.03. The second-order valence-corrected chi connectivity index (χ2v) is 11.0. The van der Waals surface area contributed by atoms with Gasteiger partial charge in [0.1, 0.15) is 5.54 Å². The Morgan fingerprint density at radius 2 is 1.46 bits per heavy atom. The molecule has 1 saturated heterocycles. The summed E-state index contributed by atoms with van der Waals surface area (Å²) in [5.74, 6) is 0. The van der Waals surface area contributed by atoms with Crippen molar-refractivity contribution in [1.29, 1.82) is 5.26 Å². The normalized spacial score (nSPS) is 22.8. The summed E-state index contributed by atoms with van der Waals surface area (Å²) in [4.78, 5) is 0. The fourth-order valence-electron chi connectivity index (χ4n) is 4.03. The van der Waals surface area contributed by atoms with Gasteiger partial charge in [-0.3, -0.25) is 5.32 Å². The van der Waals surface area contributed by atoms with Gasteiger partial charge >= 0.3 is 0 Å². The van der Waals surface area contributed by atoms with Gasteiger partial charge in [0.05, 0.1) is 6.07 Å². The van der Waals surface area contributed by atoms with Crippen molar-refractivity contribution in [3.63, 3.8) is 0 Å². The van der Waals surface area contributed by atoms with E-state index in [-0.39, 0.29) is 10.8 Å². The summed E-state index contributed by atoms with van der Waals surface area (Å²) in [6, 6.07) is 2.53. The van der Waals surface area contributed by atoms with Gasteiger partial charge in [-0.2, -0.15) is 10.3 Å². The van der Waals surface area contributed by atoms with Gasteiger partial charge < -0.3 is 16.3 Å². The third kappa shape index (κ3) is 5.90. The average Bonchev–Trinajstić information content (AvgIpc) is 2.50. The van der Waals surface area contributed by atoms with Gasteiger partial charge in [-0.05, 0) is 57.9 Å². The molecule has 0 atom stereocenters. The molecule has 0 spiro atoms. The van der Waals surface area contributed by atoms with Gasteiger partial charge in [-0.1, -0.05) is 27.7 Å². The molecule has 1 aliphatic rings. The Balaban J connectivity index is 2.74. The van der Waals surface area contributed by atoms with Crippen molar-refractivity contribution >= 4 is 0 Å². The predicted molar refractivity (Wildman–Crippen MR) is 107 cm³/mol. The van der Waals surface area contributed by atoms with Crippen molar-refractivity contribution < 1.29 is 5.21 Å². The molecule has 0 saturated carbocycles. The Kier molecular flexibility index (Phi) is 6.93. The topological polar surface area (TPSA) is 97.3 Å². The summed E-state index contributed by atoms with van der Waals surface area (Å²) in [7, 11) is 0. The summed E-state index contributed by atoms with van der Waals surface area (Å²) in [6.07, 6.45) is 1.17. The molecule has 0 aromatic rings. The number of hydrogen-bond donors (Lipinski definition) is 4. The van der Waals surface area contributed by atoms with Crippen molar-refractivity contribution in [3.05, 3.63) is 0 Å². The van der Waals surface area contributed by atoms with E-state index in [2.05, 4.69) is 44.4 Å². The predicted octanol–water partition coefficient (Wildman–Crippen LogP) is 2.48. The number of hydrogen-bond acceptors (Lipinski definition) is 6. The molecule has 1 rings (SSSR count). The lowest BCUT2D eigenvalue weighted by atomic mass is 9.70. The molecule has 0 aromatic heterocycles. The number of nitrogens with zero attached hydrogens (tertiary/aromatic N) is 2. The van der Waals surface area contributed by atoms with E-state index in [9.17, 15) is 10.5 Å². The first-order chi connectivity index (χ1) is 11.6. The lowest BCUT2D eigenvalue weighted by molar-refractivity contribution is -0.252. The second kappa shape index (κ2) is 7.73. The molecule has 0 amide bonds. The molecule has 26 heavy (non-hydrogen) atoms. The van der Waals surface area contributed by atoms with E-state index in [1.54, 1.807) is 0 Å². The van der Waals surface area contributed by atoms with Gasteiger partial charge in [-0.15, -0.1) is 0 Å². The Hall–Kier alpha value is -0.710. The summed E-state index contributed by atoms with van der Waals surface area (Å²) in [5.41, 5.74) is 4.32. The van der Waals surface area contributed by atoms with Crippen LogP contribution in [0, 0.1) is 22.2 Å². The van der Waals surface area contributed by atoms with Crippen LogP contribution in [0.3, 0.4) is 0 Å². The highest BCUT2D eigenvalue weighted by Crippen LogP contribution is 2.42. The zero-order valence-electron chi connectivity index (χ0n) is 18.2. The van der Waals surface area contributed by atoms with Crippen molar-refractivity contribution in [1.82, 2.24) is 15.7 Å². The van der Waals surface area contributed by atoms with Crippen LogP contribution < -0.4 is 16.4 Å². The zero-order valence-corrected chi connectivity index (χ0v) is 18.2. The molecule has 6 nitrogen and oxygen atoms in total. The standard InChI is InChI=1S/C20H41N5O/c1-16(2,11-21)13-23-14-17(3,4)15-24-20(12-22)9-18(5,6)25(26)19(7,8)10-20/h23-24,26H,9-11,13-15,21H2,1-8H3. The Labute approximate surface area is 160 Å². The minimum Gasteiger partial charge on any atom is -0.330 e. The molecular weight excluding hydrogens is 326 g/mol. The molecule has 0 aliphatic carbocycles. The average molecular weight is 368 g/mol. The first kappa shape index (κ1) is 23.3. The number of nitrogens with two attached hydrogens (primary N) is 1. The largest absolute Gasteiger partial charge is 0.330 e. The molecule has 1 heterocycles. The van der Waals surface area contributed by atoms with E-state index in [1.165, 1.54) is 5.06 Å². The Bertz CT molecular complexity index is 501. The molecule has 0 aromatic carbocycles. The van der Waals surface area contributed by atoms with Crippen molar-refractivity contribution in [2.24, 2.45) is 16.6 Å². The van der Waals surface area contributed by atoms with Gasteiger partial charge in [0.15, 0.2) is 0 Å². The van der Waals surface area contributed by atoms with Crippen molar-refractivity contribution in [2.45, 2.75) is 84.8 Å². The van der Waals surface area contributed by atoms with Crippen LogP contribution in [0.4, 0.5) is 0 Å². The Morgan fingerprint density at radius 3 is 1.88 bits per heavy atom. The highest BCUT2D eigenvalue weighted by atomic mass is 16.5. The SMILES string of the molecule is CC(C)(CN)CNCC(C)(C)CNC1(C#N)CC(C)(C)N(O)C(C)(C)C1. The van der Waals surface area contributed by atoms with E-state index in [0.717, 1.165) is 19.6 Å². The zero-order chi connectivity index (χ0) is 20.4. The van der Waals surface area contributed by atoms with Crippen LogP contribution in [0.15, 0.2) is 0 Å². The van der Waals surface area contributed by atoms with Gasteiger partial charge in [-0.25, -0.2) is 0 Å². The molecule has 5 N–H and O–H groups in total. The van der Waals surface area contributed by atoms with Gasteiger partial charge in [0.2, 0.25) is 0 Å². The molecule has 152 valence electrons. The lowest BCUT2D eigenvalue weighted by Gasteiger charge is -2.54. The van der Waals surface area contributed by atoms with E-state index >= 15 is 0 Å². The van der Waals surface area contributed by atoms with Crippen LogP contribution in [-0.4, -0.2) is 53.1 Å². The highest BCUT2D eigenvalue weighted by molar-refractivity contribution is 5.18. The fraction of sp³-hybridized carbons (Fsp3) is 0.950. The summed E-state index contributed by atoms with van der Waals surface area (Å²) >= 11 is 0. The third-order valence-electron chi connectivity index (χ3n) is 5.49. The maximum absolute atomic E-state index is 10.5. The smallest absolute Gasteiger partial charge is 0.110 e. The van der Waals surface area contributed by atoms with Crippen LogP contribution in [-0.2, 0) is 0 Å². The van der Waals surface area contributed by atoms with E-state index in [4.69, 9.17) is 5.73 Å². The number of piperidine rings is 1. The summed E-state index contributed by atoms with van der Waals surface area (Å²) in [6.45, 7) is 19.8. The van der Waals surface area contributed by atoms with Gasteiger partial charge in [0.25, 0.3) is 0 Å². The van der Waals surface area contributed by atoms with Crippen LogP contribution in [0.5, 0.6) is 0 Å². The van der Waals surface area contributed by atoms with Crippen LogP contribution in [0.25, 0.3) is 0 Å². The lowest BCUT2D eigenvalue weighted by Crippen LogP contribution is -2.68. The number of rotatable bonds is 8. The van der Waals surface area contributed by atoms with Crippen molar-refractivity contribution in [2.75, 3.05) is 26.2 Å². The molecule has 6 heteroatoms. The molecule has 0 bridgehead atoms. The van der Waals surface area contributed by atoms with Crippen molar-refractivity contribution in [3.8, 4) is 6.07 Å². The minimum absolute atomic E-state index is 0.000830. The molecule has 0 radical (unpaired) electrons. The molecule has 1 aliphatic heterocycles. The number of nitrogens with one attached hydrogen (secondary N) is 2. The second-order valence-electron chi connectivity index (χ2n) is 11.0. The third-order valence-corrected chi connectivity index (χ3v) is 5.49.